The monoisotopic (exact) mass is 370 g/mol. The van der Waals surface area contributed by atoms with Gasteiger partial charge in [0.1, 0.15) is 5.54 Å². The quantitative estimate of drug-likeness (QED) is 0.754. The molecule has 0 aliphatic heterocycles. The topological polar surface area (TPSA) is 85.2 Å². The van der Waals surface area contributed by atoms with Crippen molar-refractivity contribution in [3.63, 3.8) is 0 Å². The van der Waals surface area contributed by atoms with E-state index in [9.17, 15) is 14.9 Å². The van der Waals surface area contributed by atoms with Gasteiger partial charge in [0.05, 0.1) is 19.2 Å². The molecule has 0 heterocycles. The molecule has 1 aliphatic rings. The van der Waals surface area contributed by atoms with Gasteiger partial charge in [-0.15, -0.1) is 0 Å². The zero-order valence-corrected chi connectivity index (χ0v) is 16.6. The number of hydrogen-bond donors (Lipinski definition) is 2. The van der Waals surface area contributed by atoms with Crippen LogP contribution in [-0.4, -0.2) is 42.4 Å². The molecule has 0 spiro atoms. The SMILES string of the molecule is Cc1cccc(C)c1NC(=O)CN(C)CC(=O)NC1(C#N)CCCCCC1. The highest BCUT2D eigenvalue weighted by molar-refractivity contribution is 5.94. The third-order valence-corrected chi connectivity index (χ3v) is 5.12. The fourth-order valence-corrected chi connectivity index (χ4v) is 3.64. The van der Waals surface area contributed by atoms with Gasteiger partial charge in [-0.1, -0.05) is 43.9 Å². The van der Waals surface area contributed by atoms with Crippen molar-refractivity contribution >= 4 is 17.5 Å². The Morgan fingerprint density at radius 1 is 1.07 bits per heavy atom. The lowest BCUT2D eigenvalue weighted by Crippen LogP contribution is -2.50. The third-order valence-electron chi connectivity index (χ3n) is 5.12. The van der Waals surface area contributed by atoms with Crippen molar-refractivity contribution in [2.24, 2.45) is 0 Å². The molecular formula is C21H30N4O2. The summed E-state index contributed by atoms with van der Waals surface area (Å²) in [6.45, 7) is 4.10. The minimum Gasteiger partial charge on any atom is -0.337 e. The highest BCUT2D eigenvalue weighted by atomic mass is 16.2. The zero-order chi connectivity index (χ0) is 19.9. The first kappa shape index (κ1) is 20.9. The summed E-state index contributed by atoms with van der Waals surface area (Å²) in [7, 11) is 1.73. The number of aryl methyl sites for hydroxylation is 2. The molecule has 0 saturated heterocycles. The number of carbonyl (C=O) groups is 2. The van der Waals surface area contributed by atoms with E-state index in [4.69, 9.17) is 0 Å². The van der Waals surface area contributed by atoms with E-state index in [0.29, 0.717) is 12.8 Å². The Balaban J connectivity index is 1.87. The molecule has 2 N–H and O–H groups in total. The van der Waals surface area contributed by atoms with Crippen molar-refractivity contribution in [3.8, 4) is 6.07 Å². The van der Waals surface area contributed by atoms with Gasteiger partial charge in [0.15, 0.2) is 0 Å². The summed E-state index contributed by atoms with van der Waals surface area (Å²) >= 11 is 0. The summed E-state index contributed by atoms with van der Waals surface area (Å²) in [4.78, 5) is 26.4. The standard InChI is InChI=1S/C21H30N4O2/c1-16-9-8-10-17(2)20(16)23-18(26)13-25(3)14-19(27)24-21(15-22)11-6-4-5-7-12-21/h8-10H,4-7,11-14H2,1-3H3,(H,23,26)(H,24,27). The summed E-state index contributed by atoms with van der Waals surface area (Å²) in [5.41, 5.74) is 2.08. The fraction of sp³-hybridized carbons (Fsp3) is 0.571. The molecule has 2 rings (SSSR count). The van der Waals surface area contributed by atoms with Crippen LogP contribution < -0.4 is 10.6 Å². The maximum atomic E-state index is 12.4. The Labute approximate surface area is 161 Å². The number of carbonyl (C=O) groups excluding carboxylic acids is 2. The van der Waals surface area contributed by atoms with E-state index in [0.717, 1.165) is 42.5 Å². The van der Waals surface area contributed by atoms with E-state index in [-0.39, 0.29) is 24.9 Å². The molecule has 146 valence electrons. The van der Waals surface area contributed by atoms with E-state index >= 15 is 0 Å². The van der Waals surface area contributed by atoms with Gasteiger partial charge in [0, 0.05) is 5.69 Å². The largest absolute Gasteiger partial charge is 0.337 e. The van der Waals surface area contributed by atoms with Gasteiger partial charge in [-0.25, -0.2) is 0 Å². The molecule has 0 radical (unpaired) electrons. The minimum atomic E-state index is -0.755. The smallest absolute Gasteiger partial charge is 0.238 e. The molecule has 1 aliphatic carbocycles. The van der Waals surface area contributed by atoms with E-state index in [1.807, 2.05) is 32.0 Å². The van der Waals surface area contributed by atoms with E-state index in [1.54, 1.807) is 11.9 Å². The van der Waals surface area contributed by atoms with Crippen molar-refractivity contribution in [2.75, 3.05) is 25.5 Å². The van der Waals surface area contributed by atoms with Gasteiger partial charge in [0.25, 0.3) is 0 Å². The van der Waals surface area contributed by atoms with Gasteiger partial charge in [-0.2, -0.15) is 5.26 Å². The molecule has 1 aromatic rings. The lowest BCUT2D eigenvalue weighted by molar-refractivity contribution is -0.124. The lowest BCUT2D eigenvalue weighted by atomic mass is 9.92. The molecule has 2 amide bonds. The fourth-order valence-electron chi connectivity index (χ4n) is 3.64. The molecule has 0 unspecified atom stereocenters. The Morgan fingerprint density at radius 2 is 1.63 bits per heavy atom. The number of likely N-dealkylation sites (N-methyl/N-ethyl adjacent to an activating group) is 1. The van der Waals surface area contributed by atoms with Crippen LogP contribution in [-0.2, 0) is 9.59 Å². The maximum Gasteiger partial charge on any atom is 0.238 e. The van der Waals surface area contributed by atoms with Crippen LogP contribution in [0.2, 0.25) is 0 Å². The normalized spacial score (nSPS) is 16.3. The predicted molar refractivity (Wildman–Crippen MR) is 106 cm³/mol. The van der Waals surface area contributed by atoms with Crippen molar-refractivity contribution in [1.29, 1.82) is 5.26 Å². The number of nitrogens with zero attached hydrogens (tertiary/aromatic N) is 2. The van der Waals surface area contributed by atoms with Gasteiger partial charge < -0.3 is 10.6 Å². The highest BCUT2D eigenvalue weighted by Crippen LogP contribution is 2.26. The summed E-state index contributed by atoms with van der Waals surface area (Å²) in [6.07, 6.45) is 5.54. The Morgan fingerprint density at radius 3 is 2.19 bits per heavy atom. The predicted octanol–water partition coefficient (Wildman–Crippen LogP) is 2.91. The number of hydrogen-bond acceptors (Lipinski definition) is 4. The molecule has 27 heavy (non-hydrogen) atoms. The van der Waals surface area contributed by atoms with Crippen LogP contribution in [0.4, 0.5) is 5.69 Å². The molecule has 0 atom stereocenters. The average Bonchev–Trinajstić information content (AvgIpc) is 2.84. The molecule has 1 aromatic carbocycles. The highest BCUT2D eigenvalue weighted by Gasteiger charge is 2.32. The first-order valence-electron chi connectivity index (χ1n) is 9.62. The van der Waals surface area contributed by atoms with Gasteiger partial charge in [-0.3, -0.25) is 14.5 Å². The number of rotatable bonds is 6. The van der Waals surface area contributed by atoms with Crippen LogP contribution in [0.15, 0.2) is 18.2 Å². The Kier molecular flexibility index (Phi) is 7.37. The molecule has 6 nitrogen and oxygen atoms in total. The lowest BCUT2D eigenvalue weighted by Gasteiger charge is -2.27. The summed E-state index contributed by atoms with van der Waals surface area (Å²) in [5, 5.41) is 15.4. The van der Waals surface area contributed by atoms with Gasteiger partial charge >= 0.3 is 0 Å². The number of nitriles is 1. The minimum absolute atomic E-state index is 0.0869. The number of amides is 2. The molecule has 0 bridgehead atoms. The summed E-state index contributed by atoms with van der Waals surface area (Å²) in [6, 6.07) is 8.18. The molecular weight excluding hydrogens is 340 g/mol. The van der Waals surface area contributed by atoms with Crippen LogP contribution in [0, 0.1) is 25.2 Å². The number of para-hydroxylation sites is 1. The summed E-state index contributed by atoms with van der Waals surface area (Å²) in [5.74, 6) is -0.368. The molecule has 1 fully saturated rings. The zero-order valence-electron chi connectivity index (χ0n) is 16.6. The van der Waals surface area contributed by atoms with E-state index < -0.39 is 5.54 Å². The first-order valence-corrected chi connectivity index (χ1v) is 9.62. The van der Waals surface area contributed by atoms with Crippen molar-refractivity contribution in [2.45, 2.75) is 57.9 Å². The van der Waals surface area contributed by atoms with E-state index in [2.05, 4.69) is 16.7 Å². The third kappa shape index (κ3) is 6.07. The van der Waals surface area contributed by atoms with Crippen molar-refractivity contribution in [3.05, 3.63) is 29.3 Å². The van der Waals surface area contributed by atoms with Crippen LogP contribution >= 0.6 is 0 Å². The molecule has 6 heteroatoms. The van der Waals surface area contributed by atoms with Gasteiger partial charge in [0.2, 0.25) is 11.8 Å². The Bertz CT molecular complexity index is 695. The number of benzene rings is 1. The number of nitrogens with one attached hydrogen (secondary N) is 2. The number of anilines is 1. The second-order valence-electron chi connectivity index (χ2n) is 7.64. The van der Waals surface area contributed by atoms with Crippen molar-refractivity contribution in [1.82, 2.24) is 10.2 Å². The summed E-state index contributed by atoms with van der Waals surface area (Å²) < 4.78 is 0. The molecule has 0 aromatic heterocycles. The van der Waals surface area contributed by atoms with Crippen LogP contribution in [0.3, 0.4) is 0 Å². The van der Waals surface area contributed by atoms with Crippen molar-refractivity contribution < 1.29 is 9.59 Å². The Hall–Kier alpha value is -2.39. The second-order valence-corrected chi connectivity index (χ2v) is 7.64. The maximum absolute atomic E-state index is 12.4. The second kappa shape index (κ2) is 9.52. The average molecular weight is 370 g/mol. The molecule has 1 saturated carbocycles. The van der Waals surface area contributed by atoms with Crippen LogP contribution in [0.25, 0.3) is 0 Å². The van der Waals surface area contributed by atoms with Crippen LogP contribution in [0.5, 0.6) is 0 Å². The van der Waals surface area contributed by atoms with Gasteiger partial charge in [-0.05, 0) is 44.9 Å². The van der Waals surface area contributed by atoms with E-state index in [1.165, 1.54) is 0 Å². The van der Waals surface area contributed by atoms with Crippen LogP contribution in [0.1, 0.15) is 49.7 Å². The first-order chi connectivity index (χ1) is 12.8.